The number of sulfonamides is 1. The summed E-state index contributed by atoms with van der Waals surface area (Å²) in [5.41, 5.74) is 0. The number of likely N-dealkylation sites (N-methyl/N-ethyl adjacent to an activating group) is 1. The first kappa shape index (κ1) is 16.5. The van der Waals surface area contributed by atoms with Gasteiger partial charge in [0, 0.05) is 45.3 Å². The topological polar surface area (TPSA) is 62.3 Å². The van der Waals surface area contributed by atoms with Crippen LogP contribution in [0.2, 0.25) is 0 Å². The quantitative estimate of drug-likeness (QED) is 0.767. The van der Waals surface area contributed by atoms with E-state index in [0.717, 1.165) is 26.2 Å². The second-order valence-electron chi connectivity index (χ2n) is 6.06. The Morgan fingerprint density at radius 2 is 1.78 bits per heavy atom. The van der Waals surface area contributed by atoms with Crippen molar-refractivity contribution in [3.05, 3.63) is 18.2 Å². The number of nitrogens with zero attached hydrogens (tertiary/aromatic N) is 3. The van der Waals surface area contributed by atoms with E-state index in [1.165, 1.54) is 0 Å². The molecule has 0 atom stereocenters. The van der Waals surface area contributed by atoms with Gasteiger partial charge in [-0.3, -0.25) is 4.90 Å². The molecule has 8 heteroatoms. The van der Waals surface area contributed by atoms with E-state index in [0.29, 0.717) is 24.6 Å². The fraction of sp³-hybridized carbons (Fsp3) is 0.600. The molecule has 0 saturated carbocycles. The molecule has 3 rings (SSSR count). The van der Waals surface area contributed by atoms with Gasteiger partial charge in [-0.25, -0.2) is 8.42 Å². The first-order valence-electron chi connectivity index (χ1n) is 7.74. The van der Waals surface area contributed by atoms with Gasteiger partial charge in [-0.15, -0.1) is 0 Å². The van der Waals surface area contributed by atoms with Crippen LogP contribution >= 0.6 is 0 Å². The molecule has 1 fully saturated rings. The maximum absolute atomic E-state index is 12.8. The summed E-state index contributed by atoms with van der Waals surface area (Å²) in [4.78, 5) is 4.70. The number of ether oxygens (including phenoxy) is 2. The van der Waals surface area contributed by atoms with E-state index in [2.05, 4.69) is 9.80 Å². The third-order valence-electron chi connectivity index (χ3n) is 4.18. The van der Waals surface area contributed by atoms with Crippen molar-refractivity contribution < 1.29 is 17.9 Å². The van der Waals surface area contributed by atoms with E-state index in [1.807, 2.05) is 14.1 Å². The van der Waals surface area contributed by atoms with Gasteiger partial charge in [0.15, 0.2) is 11.5 Å². The molecule has 2 heterocycles. The zero-order valence-corrected chi connectivity index (χ0v) is 14.4. The lowest BCUT2D eigenvalue weighted by Gasteiger charge is -2.34. The molecule has 0 amide bonds. The Morgan fingerprint density at radius 3 is 2.48 bits per heavy atom. The standard InChI is InChI=1S/C15H23N3O4S/c1-16(2)5-6-17-7-9-18(10-8-17)23(19,20)13-3-4-14-15(11-13)22-12-21-14/h3-4,11H,5-10,12H2,1-2H3. The van der Waals surface area contributed by atoms with Crippen LogP contribution in [0.15, 0.2) is 23.1 Å². The van der Waals surface area contributed by atoms with Gasteiger partial charge in [-0.1, -0.05) is 0 Å². The Labute approximate surface area is 137 Å². The number of rotatable bonds is 5. The molecule has 1 saturated heterocycles. The molecule has 2 aliphatic heterocycles. The number of benzene rings is 1. The number of hydrogen-bond acceptors (Lipinski definition) is 6. The minimum Gasteiger partial charge on any atom is -0.454 e. The first-order valence-corrected chi connectivity index (χ1v) is 9.18. The third-order valence-corrected chi connectivity index (χ3v) is 6.07. The predicted molar refractivity (Wildman–Crippen MR) is 86.3 cm³/mol. The Balaban J connectivity index is 1.65. The fourth-order valence-corrected chi connectivity index (χ4v) is 4.16. The molecule has 0 radical (unpaired) electrons. The summed E-state index contributed by atoms with van der Waals surface area (Å²) >= 11 is 0. The van der Waals surface area contributed by atoms with Crippen LogP contribution in [0, 0.1) is 0 Å². The molecule has 0 spiro atoms. The van der Waals surface area contributed by atoms with Crippen molar-refractivity contribution >= 4 is 10.0 Å². The number of hydrogen-bond donors (Lipinski definition) is 0. The number of fused-ring (bicyclic) bond motifs is 1. The van der Waals surface area contributed by atoms with Crippen LogP contribution in [0.1, 0.15) is 0 Å². The van der Waals surface area contributed by atoms with Crippen LogP contribution in [0.5, 0.6) is 11.5 Å². The van der Waals surface area contributed by atoms with E-state index in [9.17, 15) is 8.42 Å². The predicted octanol–water partition coefficient (Wildman–Crippen LogP) is 0.283. The summed E-state index contributed by atoms with van der Waals surface area (Å²) in [5.74, 6) is 1.09. The van der Waals surface area contributed by atoms with Crippen LogP contribution in [0.3, 0.4) is 0 Å². The second-order valence-corrected chi connectivity index (χ2v) is 8.00. The monoisotopic (exact) mass is 341 g/mol. The van der Waals surface area contributed by atoms with E-state index in [1.54, 1.807) is 22.5 Å². The summed E-state index contributed by atoms with van der Waals surface area (Å²) in [7, 11) is 0.606. The smallest absolute Gasteiger partial charge is 0.243 e. The summed E-state index contributed by atoms with van der Waals surface area (Å²) < 4.78 is 37.6. The van der Waals surface area contributed by atoms with Crippen molar-refractivity contribution in [1.82, 2.24) is 14.1 Å². The zero-order chi connectivity index (χ0) is 16.4. The largest absolute Gasteiger partial charge is 0.454 e. The van der Waals surface area contributed by atoms with E-state index < -0.39 is 10.0 Å². The van der Waals surface area contributed by atoms with Gasteiger partial charge in [0.05, 0.1) is 4.90 Å². The fourth-order valence-electron chi connectivity index (χ4n) is 2.72. The summed E-state index contributed by atoms with van der Waals surface area (Å²) in [6, 6.07) is 4.79. The van der Waals surface area contributed by atoms with Gasteiger partial charge in [0.25, 0.3) is 0 Å². The van der Waals surface area contributed by atoms with Gasteiger partial charge in [-0.05, 0) is 26.2 Å². The molecule has 0 aromatic heterocycles. The Morgan fingerprint density at radius 1 is 1.09 bits per heavy atom. The van der Waals surface area contributed by atoms with Gasteiger partial charge in [0.2, 0.25) is 16.8 Å². The molecule has 1 aromatic carbocycles. The van der Waals surface area contributed by atoms with Crippen LogP contribution in [0.25, 0.3) is 0 Å². The zero-order valence-electron chi connectivity index (χ0n) is 13.6. The molecular weight excluding hydrogens is 318 g/mol. The van der Waals surface area contributed by atoms with E-state index in [4.69, 9.17) is 9.47 Å². The van der Waals surface area contributed by atoms with Crippen LogP contribution in [-0.2, 0) is 10.0 Å². The number of piperazine rings is 1. The average Bonchev–Trinajstić information content (AvgIpc) is 3.01. The highest BCUT2D eigenvalue weighted by Crippen LogP contribution is 2.34. The lowest BCUT2D eigenvalue weighted by molar-refractivity contribution is 0.173. The summed E-state index contributed by atoms with van der Waals surface area (Å²) in [5, 5.41) is 0. The van der Waals surface area contributed by atoms with Crippen LogP contribution < -0.4 is 9.47 Å². The third kappa shape index (κ3) is 3.60. The molecule has 7 nitrogen and oxygen atoms in total. The molecule has 0 unspecified atom stereocenters. The van der Waals surface area contributed by atoms with Gasteiger partial charge in [-0.2, -0.15) is 4.31 Å². The van der Waals surface area contributed by atoms with Crippen molar-refractivity contribution in [1.29, 1.82) is 0 Å². The minimum atomic E-state index is -3.48. The molecule has 0 N–H and O–H groups in total. The highest BCUT2D eigenvalue weighted by atomic mass is 32.2. The Hall–Kier alpha value is -1.35. The molecule has 23 heavy (non-hydrogen) atoms. The lowest BCUT2D eigenvalue weighted by atomic mass is 10.3. The molecule has 1 aromatic rings. The maximum atomic E-state index is 12.8. The first-order chi connectivity index (χ1) is 11.0. The minimum absolute atomic E-state index is 0.142. The van der Waals surface area contributed by atoms with Crippen molar-refractivity contribution in [2.45, 2.75) is 4.90 Å². The van der Waals surface area contributed by atoms with Gasteiger partial charge >= 0.3 is 0 Å². The second kappa shape index (κ2) is 6.64. The van der Waals surface area contributed by atoms with Gasteiger partial charge < -0.3 is 14.4 Å². The van der Waals surface area contributed by atoms with Gasteiger partial charge in [0.1, 0.15) is 0 Å². The van der Waals surface area contributed by atoms with E-state index in [-0.39, 0.29) is 11.7 Å². The summed E-state index contributed by atoms with van der Waals surface area (Å²) in [6.07, 6.45) is 0. The highest BCUT2D eigenvalue weighted by molar-refractivity contribution is 7.89. The molecule has 128 valence electrons. The molecule has 0 aliphatic carbocycles. The van der Waals surface area contributed by atoms with E-state index >= 15 is 0 Å². The highest BCUT2D eigenvalue weighted by Gasteiger charge is 2.29. The molecular formula is C15H23N3O4S. The Kier molecular flexibility index (Phi) is 4.77. The van der Waals surface area contributed by atoms with Crippen molar-refractivity contribution in [2.75, 3.05) is 60.2 Å². The maximum Gasteiger partial charge on any atom is 0.243 e. The summed E-state index contributed by atoms with van der Waals surface area (Å²) in [6.45, 7) is 4.65. The Bertz CT molecular complexity index is 655. The molecule has 2 aliphatic rings. The van der Waals surface area contributed by atoms with Crippen molar-refractivity contribution in [3.63, 3.8) is 0 Å². The van der Waals surface area contributed by atoms with Crippen LogP contribution in [0.4, 0.5) is 0 Å². The van der Waals surface area contributed by atoms with Crippen molar-refractivity contribution in [2.24, 2.45) is 0 Å². The lowest BCUT2D eigenvalue weighted by Crippen LogP contribution is -2.49. The average molecular weight is 341 g/mol. The van der Waals surface area contributed by atoms with Crippen LogP contribution in [-0.4, -0.2) is 82.7 Å². The normalized spacial score (nSPS) is 19.4. The molecule has 0 bridgehead atoms. The van der Waals surface area contributed by atoms with Crippen molar-refractivity contribution in [3.8, 4) is 11.5 Å². The SMILES string of the molecule is CN(C)CCN1CCN(S(=O)(=O)c2ccc3c(c2)OCO3)CC1.